The van der Waals surface area contributed by atoms with Crippen molar-refractivity contribution >= 4 is 5.97 Å². The number of hydrogen-bond acceptors (Lipinski definition) is 4. The molecule has 230 valence electrons. The molecule has 1 fully saturated rings. The summed E-state index contributed by atoms with van der Waals surface area (Å²) in [6.45, 7) is 11.8. The fourth-order valence-electron chi connectivity index (χ4n) is 6.86. The zero-order chi connectivity index (χ0) is 30.4. The second-order valence-electron chi connectivity index (χ2n) is 13.6. The van der Waals surface area contributed by atoms with Crippen molar-refractivity contribution in [1.82, 2.24) is 9.80 Å². The van der Waals surface area contributed by atoms with Crippen LogP contribution in [0, 0.1) is 12.8 Å². The Hall–Kier alpha value is -2.99. The van der Waals surface area contributed by atoms with Gasteiger partial charge in [0.25, 0.3) is 0 Å². The van der Waals surface area contributed by atoms with E-state index in [1.807, 2.05) is 12.1 Å². The van der Waals surface area contributed by atoms with Crippen molar-refractivity contribution in [2.45, 2.75) is 96.9 Å². The van der Waals surface area contributed by atoms with Gasteiger partial charge in [0.2, 0.25) is 0 Å². The van der Waals surface area contributed by atoms with Crippen LogP contribution in [0.25, 0.3) is 0 Å². The number of carbonyl (C=O) groups is 1. The predicted molar refractivity (Wildman–Crippen MR) is 174 cm³/mol. The highest BCUT2D eigenvalue weighted by Gasteiger charge is 2.29. The van der Waals surface area contributed by atoms with Gasteiger partial charge in [0.1, 0.15) is 0 Å². The van der Waals surface area contributed by atoms with Gasteiger partial charge >= 0.3 is 5.97 Å². The van der Waals surface area contributed by atoms with Gasteiger partial charge in [-0.2, -0.15) is 0 Å². The highest BCUT2D eigenvalue weighted by Crippen LogP contribution is 2.30. The van der Waals surface area contributed by atoms with E-state index in [1.54, 1.807) is 13.8 Å². The smallest absolute Gasteiger partial charge is 0.313 e. The van der Waals surface area contributed by atoms with Crippen molar-refractivity contribution in [2.75, 3.05) is 19.6 Å². The first-order valence-electron chi connectivity index (χ1n) is 16.3. The number of carboxylic acids is 1. The number of aliphatic hydroxyl groups is 1. The normalized spacial score (nSPS) is 17.8. The van der Waals surface area contributed by atoms with Gasteiger partial charge in [-0.15, -0.1) is 0 Å². The molecule has 2 aliphatic rings. The molecule has 0 bridgehead atoms. The molecule has 2 heterocycles. The second kappa shape index (κ2) is 14.2. The number of benzene rings is 3. The lowest BCUT2D eigenvalue weighted by atomic mass is 9.84. The van der Waals surface area contributed by atoms with Gasteiger partial charge in [0.15, 0.2) is 0 Å². The summed E-state index contributed by atoms with van der Waals surface area (Å²) < 4.78 is 0. The quantitative estimate of drug-likeness (QED) is 0.246. The first kappa shape index (κ1) is 31.4. The molecule has 1 unspecified atom stereocenters. The molecular formula is C38H50N2O3. The van der Waals surface area contributed by atoms with Crippen molar-refractivity contribution in [3.63, 3.8) is 0 Å². The molecule has 2 aliphatic heterocycles. The number of aliphatic hydroxyl groups excluding tert-OH is 1. The zero-order valence-electron chi connectivity index (χ0n) is 26.4. The summed E-state index contributed by atoms with van der Waals surface area (Å²) in [7, 11) is 0. The molecule has 0 spiro atoms. The maximum absolute atomic E-state index is 11.7. The van der Waals surface area contributed by atoms with Gasteiger partial charge in [-0.05, 0) is 117 Å². The minimum absolute atomic E-state index is 0.402. The average molecular weight is 583 g/mol. The summed E-state index contributed by atoms with van der Waals surface area (Å²) in [5.41, 5.74) is 7.82. The zero-order valence-corrected chi connectivity index (χ0v) is 26.4. The molecular weight excluding hydrogens is 532 g/mol. The van der Waals surface area contributed by atoms with Gasteiger partial charge in [-0.3, -0.25) is 14.6 Å². The van der Waals surface area contributed by atoms with Crippen molar-refractivity contribution in [2.24, 2.45) is 5.92 Å². The van der Waals surface area contributed by atoms with E-state index < -0.39 is 17.5 Å². The Kier molecular flexibility index (Phi) is 10.4. The molecule has 5 heteroatoms. The molecule has 5 nitrogen and oxygen atoms in total. The maximum Gasteiger partial charge on any atom is 0.313 e. The molecule has 43 heavy (non-hydrogen) atoms. The number of carboxylic acid groups (broad SMARTS) is 1. The van der Waals surface area contributed by atoms with E-state index >= 15 is 0 Å². The Bertz CT molecular complexity index is 1380. The van der Waals surface area contributed by atoms with Crippen molar-refractivity contribution in [3.05, 3.63) is 106 Å². The third-order valence-corrected chi connectivity index (χ3v) is 9.97. The van der Waals surface area contributed by atoms with Crippen molar-refractivity contribution in [3.8, 4) is 0 Å². The van der Waals surface area contributed by atoms with Crippen LogP contribution in [-0.2, 0) is 36.3 Å². The summed E-state index contributed by atoms with van der Waals surface area (Å²) in [5, 5.41) is 20.7. The first-order chi connectivity index (χ1) is 20.7. The fourth-order valence-corrected chi connectivity index (χ4v) is 6.86. The SMILES string of the molecule is Cc1ccccc1CN1CCCc2ccc(C(O)CCCC3CCN(Cc4cccc(C(C)(C)C(=O)O)c4)CC3)cc2C1. The molecule has 2 N–H and O–H groups in total. The number of likely N-dealkylation sites (tertiary alicyclic amines) is 1. The summed E-state index contributed by atoms with van der Waals surface area (Å²) in [4.78, 5) is 16.7. The van der Waals surface area contributed by atoms with Gasteiger partial charge in [0.05, 0.1) is 11.5 Å². The van der Waals surface area contributed by atoms with Crippen LogP contribution in [0.3, 0.4) is 0 Å². The largest absolute Gasteiger partial charge is 0.481 e. The second-order valence-corrected chi connectivity index (χ2v) is 13.6. The van der Waals surface area contributed by atoms with E-state index in [-0.39, 0.29) is 0 Å². The van der Waals surface area contributed by atoms with Crippen molar-refractivity contribution in [1.29, 1.82) is 0 Å². The van der Waals surface area contributed by atoms with Crippen molar-refractivity contribution < 1.29 is 15.0 Å². The Balaban J connectivity index is 1.07. The molecule has 5 rings (SSSR count). The number of piperidine rings is 1. The van der Waals surface area contributed by atoms with Gasteiger partial charge in [-0.1, -0.05) is 79.6 Å². The Labute approximate surface area is 258 Å². The number of aryl methyl sites for hydroxylation is 2. The van der Waals surface area contributed by atoms with E-state index in [2.05, 4.69) is 71.3 Å². The van der Waals surface area contributed by atoms with Crippen LogP contribution < -0.4 is 0 Å². The number of rotatable bonds is 11. The van der Waals surface area contributed by atoms with Gasteiger partial charge in [0, 0.05) is 19.6 Å². The fraction of sp³-hybridized carbons (Fsp3) is 0.500. The van der Waals surface area contributed by atoms with Crippen LogP contribution in [0.2, 0.25) is 0 Å². The van der Waals surface area contributed by atoms with E-state index in [1.165, 1.54) is 53.5 Å². The molecule has 0 aromatic heterocycles. The summed E-state index contributed by atoms with van der Waals surface area (Å²) in [5.74, 6) is -0.0824. The summed E-state index contributed by atoms with van der Waals surface area (Å²) in [6, 6.07) is 23.5. The maximum atomic E-state index is 11.7. The molecule has 0 radical (unpaired) electrons. The van der Waals surface area contributed by atoms with E-state index in [0.717, 1.165) is 69.7 Å². The molecule has 0 aliphatic carbocycles. The predicted octanol–water partition coefficient (Wildman–Crippen LogP) is 7.42. The highest BCUT2D eigenvalue weighted by atomic mass is 16.4. The molecule has 0 saturated carbocycles. The third kappa shape index (κ3) is 8.14. The number of aliphatic carboxylic acids is 1. The van der Waals surface area contributed by atoms with Crippen LogP contribution in [-0.4, -0.2) is 45.6 Å². The van der Waals surface area contributed by atoms with Crippen LogP contribution in [0.4, 0.5) is 0 Å². The minimum atomic E-state index is -0.881. The van der Waals surface area contributed by atoms with Crippen LogP contribution in [0.15, 0.2) is 66.7 Å². The average Bonchev–Trinajstić information content (AvgIpc) is 3.20. The van der Waals surface area contributed by atoms with E-state index in [9.17, 15) is 15.0 Å². The Morgan fingerprint density at radius 2 is 1.72 bits per heavy atom. The third-order valence-electron chi connectivity index (χ3n) is 9.97. The number of hydrogen-bond donors (Lipinski definition) is 2. The lowest BCUT2D eigenvalue weighted by molar-refractivity contribution is -0.142. The van der Waals surface area contributed by atoms with Crippen LogP contribution >= 0.6 is 0 Å². The molecule has 1 saturated heterocycles. The number of fused-ring (bicyclic) bond motifs is 1. The Morgan fingerprint density at radius 3 is 2.49 bits per heavy atom. The molecule has 1 atom stereocenters. The summed E-state index contributed by atoms with van der Waals surface area (Å²) >= 11 is 0. The van der Waals surface area contributed by atoms with E-state index in [4.69, 9.17) is 0 Å². The van der Waals surface area contributed by atoms with E-state index in [0.29, 0.717) is 5.92 Å². The minimum Gasteiger partial charge on any atom is -0.481 e. The molecule has 3 aromatic rings. The number of nitrogens with zero attached hydrogens (tertiary/aromatic N) is 2. The van der Waals surface area contributed by atoms with Crippen LogP contribution in [0.5, 0.6) is 0 Å². The highest BCUT2D eigenvalue weighted by molar-refractivity contribution is 5.80. The topological polar surface area (TPSA) is 64.0 Å². The Morgan fingerprint density at radius 1 is 0.930 bits per heavy atom. The first-order valence-corrected chi connectivity index (χ1v) is 16.3. The molecule has 0 amide bonds. The van der Waals surface area contributed by atoms with Crippen LogP contribution in [0.1, 0.15) is 97.4 Å². The summed E-state index contributed by atoms with van der Waals surface area (Å²) in [6.07, 6.45) is 7.29. The lowest BCUT2D eigenvalue weighted by Gasteiger charge is -2.32. The monoisotopic (exact) mass is 582 g/mol. The lowest BCUT2D eigenvalue weighted by Crippen LogP contribution is -2.33. The molecule has 3 aromatic carbocycles. The van der Waals surface area contributed by atoms with Gasteiger partial charge < -0.3 is 10.2 Å². The standard InChI is InChI=1S/C38H50N2O3/c1-28-9-4-5-12-33(28)26-40-20-8-13-31-16-17-32(24-34(31)27-40)36(41)15-7-10-29-18-21-39(22-19-29)25-30-11-6-14-35(23-30)38(2,3)37(42)43/h4-6,9,11-12,14,16-17,23-24,29,36,41H,7-8,10,13,15,18-22,25-27H2,1-3H3,(H,42,43). The van der Waals surface area contributed by atoms with Gasteiger partial charge in [-0.25, -0.2) is 0 Å².